The Morgan fingerprint density at radius 3 is 2.21 bits per heavy atom. The van der Waals surface area contributed by atoms with E-state index < -0.39 is 0 Å². The van der Waals surface area contributed by atoms with Gasteiger partial charge in [-0.15, -0.1) is 0 Å². The number of aryl methyl sites for hydroxylation is 4. The molecule has 3 rings (SSSR count). The highest BCUT2D eigenvalue weighted by Gasteiger charge is 2.12. The second-order valence-electron chi connectivity index (χ2n) is 7.14. The number of carbonyl (C=O) groups excluding carboxylic acids is 1. The number of benzene rings is 3. The van der Waals surface area contributed by atoms with Crippen molar-refractivity contribution in [2.45, 2.75) is 46.1 Å². The fraction of sp³-hybridized carbons (Fsp3) is 0.269. The monoisotopic (exact) mass is 371 g/mol. The lowest BCUT2D eigenvalue weighted by Gasteiger charge is -2.13. The van der Waals surface area contributed by atoms with Gasteiger partial charge in [-0.2, -0.15) is 0 Å². The molecule has 0 atom stereocenters. The maximum Gasteiger partial charge on any atom is 0.251 e. The number of amides is 1. The zero-order valence-corrected chi connectivity index (χ0v) is 16.9. The zero-order chi connectivity index (χ0) is 19.8. The highest BCUT2D eigenvalue weighted by molar-refractivity contribution is 5.95. The summed E-state index contributed by atoms with van der Waals surface area (Å²) in [5.74, 6) is 0.00705. The summed E-state index contributed by atoms with van der Waals surface area (Å²) < 4.78 is 0. The van der Waals surface area contributed by atoms with Crippen LogP contribution in [-0.4, -0.2) is 5.91 Å². The van der Waals surface area contributed by atoms with Gasteiger partial charge in [-0.05, 0) is 59.6 Å². The molecule has 0 aliphatic rings. The molecular formula is C26H29NO. The summed E-state index contributed by atoms with van der Waals surface area (Å²) >= 11 is 0. The standard InChI is InChI=1S/C26H29NO/c1-3-20-14-16-22(4-2)24(18-20)19-27-26(28)25-13-9-8-12-23(25)17-15-21-10-6-5-7-11-21/h5-14,16,18H,3-4,15,17,19H2,1-2H3,(H,27,28). The molecule has 2 nitrogen and oxygen atoms in total. The number of rotatable bonds is 8. The van der Waals surface area contributed by atoms with E-state index in [0.717, 1.165) is 36.8 Å². The SMILES string of the molecule is CCc1ccc(CC)c(CNC(=O)c2ccccc2CCc2ccccc2)c1. The maximum atomic E-state index is 12.9. The fourth-order valence-corrected chi connectivity index (χ4v) is 3.56. The Morgan fingerprint density at radius 1 is 0.714 bits per heavy atom. The zero-order valence-electron chi connectivity index (χ0n) is 16.9. The molecule has 2 heteroatoms. The van der Waals surface area contributed by atoms with Crippen LogP contribution in [0.15, 0.2) is 72.8 Å². The second-order valence-corrected chi connectivity index (χ2v) is 7.14. The van der Waals surface area contributed by atoms with Crippen LogP contribution in [0.3, 0.4) is 0 Å². The number of hydrogen-bond acceptors (Lipinski definition) is 1. The smallest absolute Gasteiger partial charge is 0.251 e. The van der Waals surface area contributed by atoms with Crippen LogP contribution in [0.25, 0.3) is 0 Å². The molecule has 0 aliphatic heterocycles. The lowest BCUT2D eigenvalue weighted by atomic mass is 9.98. The van der Waals surface area contributed by atoms with Crippen LogP contribution in [-0.2, 0) is 32.2 Å². The van der Waals surface area contributed by atoms with Crippen molar-refractivity contribution >= 4 is 5.91 Å². The summed E-state index contributed by atoms with van der Waals surface area (Å²) in [4.78, 5) is 12.9. The Hall–Kier alpha value is -2.87. The summed E-state index contributed by atoms with van der Waals surface area (Å²) in [5, 5.41) is 3.14. The van der Waals surface area contributed by atoms with Crippen molar-refractivity contribution in [3.05, 3.63) is 106 Å². The highest BCUT2D eigenvalue weighted by Crippen LogP contribution is 2.16. The van der Waals surface area contributed by atoms with E-state index in [1.54, 1.807) is 0 Å². The third-order valence-corrected chi connectivity index (χ3v) is 5.29. The van der Waals surface area contributed by atoms with E-state index in [4.69, 9.17) is 0 Å². The van der Waals surface area contributed by atoms with Gasteiger partial charge < -0.3 is 5.32 Å². The fourth-order valence-electron chi connectivity index (χ4n) is 3.56. The van der Waals surface area contributed by atoms with Crippen molar-refractivity contribution < 1.29 is 4.79 Å². The van der Waals surface area contributed by atoms with Crippen molar-refractivity contribution in [2.24, 2.45) is 0 Å². The Balaban J connectivity index is 1.70. The van der Waals surface area contributed by atoms with E-state index in [1.165, 1.54) is 22.3 Å². The molecular weight excluding hydrogens is 342 g/mol. The van der Waals surface area contributed by atoms with Crippen LogP contribution in [0.4, 0.5) is 0 Å². The maximum absolute atomic E-state index is 12.9. The number of carbonyl (C=O) groups is 1. The van der Waals surface area contributed by atoms with E-state index in [9.17, 15) is 4.79 Å². The molecule has 1 N–H and O–H groups in total. The van der Waals surface area contributed by atoms with Gasteiger partial charge in [0.05, 0.1) is 0 Å². The van der Waals surface area contributed by atoms with E-state index in [0.29, 0.717) is 6.54 Å². The van der Waals surface area contributed by atoms with Gasteiger partial charge >= 0.3 is 0 Å². The Bertz CT molecular complexity index is 915. The number of hydrogen-bond donors (Lipinski definition) is 1. The van der Waals surface area contributed by atoms with Gasteiger partial charge in [0.15, 0.2) is 0 Å². The minimum absolute atomic E-state index is 0.00705. The molecule has 0 radical (unpaired) electrons. The van der Waals surface area contributed by atoms with Crippen molar-refractivity contribution in [3.8, 4) is 0 Å². The van der Waals surface area contributed by atoms with Crippen molar-refractivity contribution in [1.82, 2.24) is 5.32 Å². The van der Waals surface area contributed by atoms with Crippen LogP contribution in [0.1, 0.15) is 52.0 Å². The molecule has 0 bridgehead atoms. The first kappa shape index (κ1) is 19.9. The van der Waals surface area contributed by atoms with Crippen LogP contribution >= 0.6 is 0 Å². The average Bonchev–Trinajstić information content (AvgIpc) is 2.76. The van der Waals surface area contributed by atoms with Gasteiger partial charge in [-0.25, -0.2) is 0 Å². The van der Waals surface area contributed by atoms with Crippen LogP contribution in [0.5, 0.6) is 0 Å². The first-order valence-electron chi connectivity index (χ1n) is 10.2. The van der Waals surface area contributed by atoms with E-state index >= 15 is 0 Å². The molecule has 1 amide bonds. The van der Waals surface area contributed by atoms with E-state index in [-0.39, 0.29) is 5.91 Å². The minimum Gasteiger partial charge on any atom is -0.348 e. The molecule has 28 heavy (non-hydrogen) atoms. The van der Waals surface area contributed by atoms with Crippen LogP contribution < -0.4 is 5.32 Å². The molecule has 0 aliphatic carbocycles. The summed E-state index contributed by atoms with van der Waals surface area (Å²) in [5.41, 5.74) is 7.00. The molecule has 0 unspecified atom stereocenters. The third-order valence-electron chi connectivity index (χ3n) is 5.29. The molecule has 0 aromatic heterocycles. The van der Waals surface area contributed by atoms with Gasteiger partial charge in [-0.1, -0.05) is 80.6 Å². The average molecular weight is 372 g/mol. The van der Waals surface area contributed by atoms with Crippen LogP contribution in [0, 0.1) is 0 Å². The molecule has 3 aromatic carbocycles. The summed E-state index contributed by atoms with van der Waals surface area (Å²) in [6.45, 7) is 4.89. The lowest BCUT2D eigenvalue weighted by Crippen LogP contribution is -2.24. The highest BCUT2D eigenvalue weighted by atomic mass is 16.1. The molecule has 0 heterocycles. The summed E-state index contributed by atoms with van der Waals surface area (Å²) in [7, 11) is 0. The molecule has 0 fully saturated rings. The van der Waals surface area contributed by atoms with Crippen molar-refractivity contribution in [2.75, 3.05) is 0 Å². The Morgan fingerprint density at radius 2 is 1.46 bits per heavy atom. The number of nitrogens with one attached hydrogen (secondary N) is 1. The van der Waals surface area contributed by atoms with Gasteiger partial charge in [0.25, 0.3) is 5.91 Å². The molecule has 0 saturated heterocycles. The summed E-state index contributed by atoms with van der Waals surface area (Å²) in [6, 6.07) is 25.0. The third kappa shape index (κ3) is 5.10. The van der Waals surface area contributed by atoms with Gasteiger partial charge in [0, 0.05) is 12.1 Å². The van der Waals surface area contributed by atoms with E-state index in [1.807, 2.05) is 24.3 Å². The Labute approximate surface area is 168 Å². The van der Waals surface area contributed by atoms with Crippen molar-refractivity contribution in [1.29, 1.82) is 0 Å². The first-order chi connectivity index (χ1) is 13.7. The predicted molar refractivity (Wildman–Crippen MR) is 117 cm³/mol. The Kier molecular flexibility index (Phi) is 7.02. The van der Waals surface area contributed by atoms with Crippen LogP contribution in [0.2, 0.25) is 0 Å². The first-order valence-corrected chi connectivity index (χ1v) is 10.2. The topological polar surface area (TPSA) is 29.1 Å². The molecule has 0 saturated carbocycles. The largest absolute Gasteiger partial charge is 0.348 e. The van der Waals surface area contributed by atoms with Gasteiger partial charge in [0.2, 0.25) is 0 Å². The lowest BCUT2D eigenvalue weighted by molar-refractivity contribution is 0.0950. The van der Waals surface area contributed by atoms with E-state index in [2.05, 4.69) is 67.7 Å². The predicted octanol–water partition coefficient (Wildman–Crippen LogP) is 5.53. The second kappa shape index (κ2) is 9.89. The molecule has 144 valence electrons. The normalized spacial score (nSPS) is 10.6. The van der Waals surface area contributed by atoms with Crippen molar-refractivity contribution in [3.63, 3.8) is 0 Å². The van der Waals surface area contributed by atoms with Gasteiger partial charge in [-0.3, -0.25) is 4.79 Å². The summed E-state index contributed by atoms with van der Waals surface area (Å²) in [6.07, 6.45) is 3.78. The minimum atomic E-state index is 0.00705. The molecule has 0 spiro atoms. The quantitative estimate of drug-likeness (QED) is 0.554. The molecule has 3 aromatic rings. The van der Waals surface area contributed by atoms with Gasteiger partial charge in [0.1, 0.15) is 0 Å².